The van der Waals surface area contributed by atoms with Crippen LogP contribution in [-0.2, 0) is 0 Å². The van der Waals surface area contributed by atoms with Gasteiger partial charge in [0.25, 0.3) is 0 Å². The van der Waals surface area contributed by atoms with E-state index in [4.69, 9.17) is 0 Å². The van der Waals surface area contributed by atoms with Crippen LogP contribution >= 0.6 is 0 Å². The van der Waals surface area contributed by atoms with Crippen LogP contribution in [0.25, 0.3) is 11.1 Å². The summed E-state index contributed by atoms with van der Waals surface area (Å²) in [6, 6.07) is 11.6. The zero-order valence-electron chi connectivity index (χ0n) is 14.2. The summed E-state index contributed by atoms with van der Waals surface area (Å²) < 4.78 is 0. The predicted octanol–water partition coefficient (Wildman–Crippen LogP) is 3.27. The second-order valence-corrected chi connectivity index (χ2v) is 5.88. The molecule has 0 radical (unpaired) electrons. The van der Waals surface area contributed by atoms with Crippen LogP contribution in [-0.4, -0.2) is 28.8 Å². The van der Waals surface area contributed by atoms with E-state index in [2.05, 4.69) is 15.6 Å². The maximum absolute atomic E-state index is 11.9. The molecule has 0 aliphatic carbocycles. The van der Waals surface area contributed by atoms with Gasteiger partial charge in [0, 0.05) is 18.9 Å². The Morgan fingerprint density at radius 1 is 1.12 bits per heavy atom. The summed E-state index contributed by atoms with van der Waals surface area (Å²) in [4.78, 5) is 15.9. The summed E-state index contributed by atoms with van der Waals surface area (Å²) in [5.41, 5.74) is 3.25. The van der Waals surface area contributed by atoms with Gasteiger partial charge in [0.1, 0.15) is 0 Å². The largest absolute Gasteiger partial charge is 0.391 e. The SMILES string of the molecule is CCCC(O)CNC(=O)NC(C)c1ccc(-c2ccncc2)cc1. The molecular formula is C19H25N3O2. The Bertz CT molecular complexity index is 629. The van der Waals surface area contributed by atoms with Crippen molar-refractivity contribution in [3.05, 3.63) is 54.4 Å². The van der Waals surface area contributed by atoms with Gasteiger partial charge in [0.2, 0.25) is 0 Å². The number of amides is 2. The number of urea groups is 1. The number of nitrogens with zero attached hydrogens (tertiary/aromatic N) is 1. The van der Waals surface area contributed by atoms with Crippen LogP contribution in [0, 0.1) is 0 Å². The second kappa shape index (κ2) is 9.03. The lowest BCUT2D eigenvalue weighted by Crippen LogP contribution is -2.40. The second-order valence-electron chi connectivity index (χ2n) is 5.88. The van der Waals surface area contributed by atoms with Gasteiger partial charge in [-0.2, -0.15) is 0 Å². The summed E-state index contributed by atoms with van der Waals surface area (Å²) >= 11 is 0. The van der Waals surface area contributed by atoms with E-state index < -0.39 is 6.10 Å². The zero-order chi connectivity index (χ0) is 17.4. The fourth-order valence-electron chi connectivity index (χ4n) is 2.49. The van der Waals surface area contributed by atoms with Gasteiger partial charge in [-0.05, 0) is 42.2 Å². The molecule has 2 rings (SSSR count). The molecule has 0 aliphatic rings. The Kier molecular flexibility index (Phi) is 6.75. The monoisotopic (exact) mass is 327 g/mol. The van der Waals surface area contributed by atoms with Crippen molar-refractivity contribution in [1.82, 2.24) is 15.6 Å². The van der Waals surface area contributed by atoms with Crippen molar-refractivity contribution in [3.8, 4) is 11.1 Å². The molecule has 128 valence electrons. The minimum absolute atomic E-state index is 0.111. The molecule has 24 heavy (non-hydrogen) atoms. The van der Waals surface area contributed by atoms with Crippen molar-refractivity contribution >= 4 is 6.03 Å². The van der Waals surface area contributed by atoms with E-state index in [9.17, 15) is 9.90 Å². The Morgan fingerprint density at radius 2 is 1.75 bits per heavy atom. The van der Waals surface area contributed by atoms with Crippen molar-refractivity contribution in [2.24, 2.45) is 0 Å². The molecule has 1 heterocycles. The first-order chi connectivity index (χ1) is 11.6. The average Bonchev–Trinajstić information content (AvgIpc) is 2.61. The van der Waals surface area contributed by atoms with Crippen molar-refractivity contribution in [2.45, 2.75) is 38.8 Å². The lowest BCUT2D eigenvalue weighted by Gasteiger charge is -2.17. The van der Waals surface area contributed by atoms with Crippen molar-refractivity contribution < 1.29 is 9.90 Å². The third-order valence-corrected chi connectivity index (χ3v) is 3.89. The molecule has 0 saturated heterocycles. The van der Waals surface area contributed by atoms with Crippen LogP contribution in [0.15, 0.2) is 48.8 Å². The van der Waals surface area contributed by atoms with Crippen molar-refractivity contribution in [2.75, 3.05) is 6.54 Å². The summed E-state index contributed by atoms with van der Waals surface area (Å²) in [6.45, 7) is 4.21. The molecule has 5 nitrogen and oxygen atoms in total. The fraction of sp³-hybridized carbons (Fsp3) is 0.368. The van der Waals surface area contributed by atoms with Gasteiger partial charge >= 0.3 is 6.03 Å². The third-order valence-electron chi connectivity index (χ3n) is 3.89. The predicted molar refractivity (Wildman–Crippen MR) is 95.5 cm³/mol. The van der Waals surface area contributed by atoms with E-state index in [-0.39, 0.29) is 18.6 Å². The van der Waals surface area contributed by atoms with Gasteiger partial charge < -0.3 is 15.7 Å². The highest BCUT2D eigenvalue weighted by molar-refractivity contribution is 5.74. The average molecular weight is 327 g/mol. The zero-order valence-corrected chi connectivity index (χ0v) is 14.2. The van der Waals surface area contributed by atoms with Crippen LogP contribution < -0.4 is 10.6 Å². The summed E-state index contributed by atoms with van der Waals surface area (Å²) in [5.74, 6) is 0. The molecule has 2 unspecified atom stereocenters. The van der Waals surface area contributed by atoms with E-state index in [1.54, 1.807) is 12.4 Å². The first-order valence-electron chi connectivity index (χ1n) is 8.33. The number of carbonyl (C=O) groups excluding carboxylic acids is 1. The number of hydrogen-bond acceptors (Lipinski definition) is 3. The number of aromatic nitrogens is 1. The molecule has 0 aliphatic heterocycles. The van der Waals surface area contributed by atoms with Crippen molar-refractivity contribution in [1.29, 1.82) is 0 Å². The first-order valence-corrected chi connectivity index (χ1v) is 8.33. The van der Waals surface area contributed by atoms with Gasteiger partial charge in [-0.1, -0.05) is 37.6 Å². The number of nitrogens with one attached hydrogen (secondary N) is 2. The first kappa shape index (κ1) is 17.9. The fourth-order valence-corrected chi connectivity index (χ4v) is 2.49. The standard InChI is InChI=1S/C19H25N3O2/c1-3-4-18(23)13-21-19(24)22-14(2)15-5-7-16(8-6-15)17-9-11-20-12-10-17/h5-12,14,18,23H,3-4,13H2,1-2H3,(H2,21,22,24). The Labute approximate surface area is 143 Å². The number of hydrogen-bond donors (Lipinski definition) is 3. The molecule has 2 amide bonds. The van der Waals surface area contributed by atoms with Crippen LogP contribution in [0.2, 0.25) is 0 Å². The van der Waals surface area contributed by atoms with Crippen LogP contribution in [0.4, 0.5) is 4.79 Å². The molecule has 2 atom stereocenters. The lowest BCUT2D eigenvalue weighted by molar-refractivity contribution is 0.160. The summed E-state index contributed by atoms with van der Waals surface area (Å²) in [5, 5.41) is 15.2. The van der Waals surface area contributed by atoms with Crippen LogP contribution in [0.5, 0.6) is 0 Å². The van der Waals surface area contributed by atoms with E-state index >= 15 is 0 Å². The Balaban J connectivity index is 1.88. The van der Waals surface area contributed by atoms with Gasteiger partial charge in [-0.3, -0.25) is 4.98 Å². The number of pyridine rings is 1. The molecule has 0 saturated carbocycles. The van der Waals surface area contributed by atoms with Crippen molar-refractivity contribution in [3.63, 3.8) is 0 Å². The third kappa shape index (κ3) is 5.35. The van der Waals surface area contributed by atoms with Crippen LogP contribution in [0.1, 0.15) is 38.3 Å². The normalized spacial score (nSPS) is 13.1. The minimum atomic E-state index is -0.490. The van der Waals surface area contributed by atoms with E-state index in [0.717, 1.165) is 23.1 Å². The molecule has 5 heteroatoms. The smallest absolute Gasteiger partial charge is 0.315 e. The Morgan fingerprint density at radius 3 is 2.38 bits per heavy atom. The molecule has 3 N–H and O–H groups in total. The Hall–Kier alpha value is -2.40. The van der Waals surface area contributed by atoms with Gasteiger partial charge in [-0.25, -0.2) is 4.79 Å². The van der Waals surface area contributed by atoms with Gasteiger partial charge in [0.15, 0.2) is 0 Å². The maximum atomic E-state index is 11.9. The van der Waals surface area contributed by atoms with Gasteiger partial charge in [-0.15, -0.1) is 0 Å². The quantitative estimate of drug-likeness (QED) is 0.730. The van der Waals surface area contributed by atoms with Crippen LogP contribution in [0.3, 0.4) is 0 Å². The molecule has 2 aromatic rings. The maximum Gasteiger partial charge on any atom is 0.315 e. The number of aliphatic hydroxyl groups excluding tert-OH is 1. The number of carbonyl (C=O) groups is 1. The lowest BCUT2D eigenvalue weighted by atomic mass is 10.0. The molecule has 1 aromatic carbocycles. The summed E-state index contributed by atoms with van der Waals surface area (Å²) in [7, 11) is 0. The molecule has 1 aromatic heterocycles. The van der Waals surface area contributed by atoms with E-state index in [1.165, 1.54) is 0 Å². The molecule has 0 fully saturated rings. The van der Waals surface area contributed by atoms with E-state index in [1.807, 2.05) is 50.2 Å². The molecule has 0 spiro atoms. The highest BCUT2D eigenvalue weighted by atomic mass is 16.3. The number of aliphatic hydroxyl groups is 1. The minimum Gasteiger partial charge on any atom is -0.391 e. The van der Waals surface area contributed by atoms with Gasteiger partial charge in [0.05, 0.1) is 12.1 Å². The molecule has 0 bridgehead atoms. The highest BCUT2D eigenvalue weighted by Crippen LogP contribution is 2.21. The molecular weight excluding hydrogens is 302 g/mol. The highest BCUT2D eigenvalue weighted by Gasteiger charge is 2.11. The number of benzene rings is 1. The topological polar surface area (TPSA) is 74.2 Å². The van der Waals surface area contributed by atoms with E-state index in [0.29, 0.717) is 6.42 Å². The summed E-state index contributed by atoms with van der Waals surface area (Å²) in [6.07, 6.45) is 4.63. The number of rotatable bonds is 7.